The monoisotopic (exact) mass is 301 g/mol. The number of nitrogens with one attached hydrogen (secondary N) is 1. The summed E-state index contributed by atoms with van der Waals surface area (Å²) >= 11 is 6.24. The third-order valence-corrected chi connectivity index (χ3v) is 4.48. The molecule has 0 radical (unpaired) electrons. The van der Waals surface area contributed by atoms with Crippen molar-refractivity contribution in [2.75, 3.05) is 11.9 Å². The molecular weight excluding hydrogens is 286 g/mol. The van der Waals surface area contributed by atoms with E-state index in [4.69, 9.17) is 11.6 Å². The van der Waals surface area contributed by atoms with Crippen molar-refractivity contribution < 1.29 is 4.79 Å². The van der Waals surface area contributed by atoms with Gasteiger partial charge in [-0.3, -0.25) is 4.79 Å². The van der Waals surface area contributed by atoms with E-state index in [1.54, 1.807) is 0 Å². The lowest BCUT2D eigenvalue weighted by molar-refractivity contribution is -0.128. The molecule has 2 heterocycles. The van der Waals surface area contributed by atoms with E-state index in [2.05, 4.69) is 10.3 Å². The van der Waals surface area contributed by atoms with Crippen molar-refractivity contribution in [3.63, 3.8) is 0 Å². The van der Waals surface area contributed by atoms with Crippen LogP contribution in [-0.4, -0.2) is 34.4 Å². The number of carbonyl (C=O) groups excluding carboxylic acids is 1. The molecule has 1 saturated carbocycles. The molecule has 0 bridgehead atoms. The van der Waals surface area contributed by atoms with E-state index in [0.717, 1.165) is 36.0 Å². The van der Waals surface area contributed by atoms with Gasteiger partial charge in [-0.05, 0) is 24.3 Å². The summed E-state index contributed by atoms with van der Waals surface area (Å²) in [5, 5.41) is 5.87. The van der Waals surface area contributed by atoms with Crippen molar-refractivity contribution >= 4 is 34.1 Å². The van der Waals surface area contributed by atoms with Crippen molar-refractivity contribution in [1.29, 1.82) is 0 Å². The maximum absolute atomic E-state index is 12.0. The number of halogens is 1. The van der Waals surface area contributed by atoms with Crippen LogP contribution in [0.3, 0.4) is 0 Å². The minimum atomic E-state index is 0.128. The van der Waals surface area contributed by atoms with Crippen LogP contribution >= 0.6 is 11.6 Å². The lowest BCUT2D eigenvalue weighted by Crippen LogP contribution is -2.29. The normalized spacial score (nSPS) is 22.0. The first-order valence-corrected chi connectivity index (χ1v) is 7.70. The Morgan fingerprint density at radius 1 is 1.29 bits per heavy atom. The Labute approximate surface area is 128 Å². The van der Waals surface area contributed by atoms with Gasteiger partial charge in [0.1, 0.15) is 11.0 Å². The Bertz CT molecular complexity index is 714. The van der Waals surface area contributed by atoms with Gasteiger partial charge in [0.15, 0.2) is 0 Å². The number of likely N-dealkylation sites (tertiary alicyclic amines) is 1. The number of hydrogen-bond donors (Lipinski definition) is 1. The molecule has 1 amide bonds. The number of fused-ring (bicyclic) bond motifs is 1. The fourth-order valence-corrected chi connectivity index (χ4v) is 3.27. The Balaban J connectivity index is 1.56. The van der Waals surface area contributed by atoms with Crippen molar-refractivity contribution in [3.8, 4) is 0 Å². The largest absolute Gasteiger partial charge is 0.365 e. The Morgan fingerprint density at radius 3 is 2.90 bits per heavy atom. The maximum Gasteiger partial charge on any atom is 0.225 e. The summed E-state index contributed by atoms with van der Waals surface area (Å²) in [6.45, 7) is 0.773. The number of anilines is 1. The van der Waals surface area contributed by atoms with Gasteiger partial charge in [0.2, 0.25) is 5.91 Å². The zero-order chi connectivity index (χ0) is 14.4. The van der Waals surface area contributed by atoms with Gasteiger partial charge >= 0.3 is 0 Å². The molecule has 1 aromatic carbocycles. The SMILES string of the molecule is O=C1CC(Nc2cc3ccccc3c(Cl)n2)CN1C1CC1. The molecule has 1 aliphatic carbocycles. The molecule has 0 spiro atoms. The van der Waals surface area contributed by atoms with Crippen molar-refractivity contribution in [1.82, 2.24) is 9.88 Å². The number of hydrogen-bond acceptors (Lipinski definition) is 3. The fraction of sp³-hybridized carbons (Fsp3) is 0.375. The van der Waals surface area contributed by atoms with E-state index < -0.39 is 0 Å². The number of amides is 1. The second-order valence-corrected chi connectivity index (χ2v) is 6.20. The molecule has 5 heteroatoms. The molecule has 4 nitrogen and oxygen atoms in total. The van der Waals surface area contributed by atoms with Gasteiger partial charge in [0, 0.05) is 24.4 Å². The molecule has 2 aromatic rings. The van der Waals surface area contributed by atoms with Gasteiger partial charge in [-0.15, -0.1) is 0 Å². The first-order valence-electron chi connectivity index (χ1n) is 7.32. The van der Waals surface area contributed by atoms with E-state index in [1.165, 1.54) is 0 Å². The van der Waals surface area contributed by atoms with Crippen LogP contribution in [0, 0.1) is 0 Å². The van der Waals surface area contributed by atoms with Gasteiger partial charge in [0.05, 0.1) is 6.04 Å². The number of pyridine rings is 1. The van der Waals surface area contributed by atoms with Crippen LogP contribution in [0.5, 0.6) is 0 Å². The van der Waals surface area contributed by atoms with Gasteiger partial charge in [-0.1, -0.05) is 35.9 Å². The summed E-state index contributed by atoms with van der Waals surface area (Å²) in [5.41, 5.74) is 0. The predicted molar refractivity (Wildman–Crippen MR) is 83.5 cm³/mol. The van der Waals surface area contributed by atoms with Gasteiger partial charge < -0.3 is 10.2 Å². The quantitative estimate of drug-likeness (QED) is 0.886. The average molecular weight is 302 g/mol. The standard InChI is InChI=1S/C16H16ClN3O/c17-16-13-4-2-1-3-10(13)7-14(19-16)18-11-8-15(21)20(9-11)12-5-6-12/h1-4,7,11-12H,5-6,8-9H2,(H,18,19). The second kappa shape index (κ2) is 4.88. The zero-order valence-corrected chi connectivity index (χ0v) is 12.3. The Hall–Kier alpha value is -1.81. The van der Waals surface area contributed by atoms with E-state index >= 15 is 0 Å². The Morgan fingerprint density at radius 2 is 2.10 bits per heavy atom. The molecule has 1 atom stereocenters. The summed E-state index contributed by atoms with van der Waals surface area (Å²) in [7, 11) is 0. The molecule has 1 aromatic heterocycles. The molecule has 2 aliphatic rings. The number of aromatic nitrogens is 1. The van der Waals surface area contributed by atoms with Crippen molar-refractivity contribution in [2.24, 2.45) is 0 Å². The van der Waals surface area contributed by atoms with Gasteiger partial charge in [-0.2, -0.15) is 0 Å². The number of carbonyl (C=O) groups is 1. The van der Waals surface area contributed by atoms with Crippen LogP contribution < -0.4 is 5.32 Å². The summed E-state index contributed by atoms with van der Waals surface area (Å²) in [6, 6.07) is 10.5. The molecule has 21 heavy (non-hydrogen) atoms. The van der Waals surface area contributed by atoms with Crippen molar-refractivity contribution in [3.05, 3.63) is 35.5 Å². The van der Waals surface area contributed by atoms with Crippen LogP contribution in [-0.2, 0) is 4.79 Å². The summed E-state index contributed by atoms with van der Waals surface area (Å²) in [4.78, 5) is 18.4. The highest BCUT2D eigenvalue weighted by atomic mass is 35.5. The third-order valence-electron chi connectivity index (χ3n) is 4.19. The molecule has 4 rings (SSSR count). The van der Waals surface area contributed by atoms with Crippen LogP contribution in [0.15, 0.2) is 30.3 Å². The molecule has 1 saturated heterocycles. The highest BCUT2D eigenvalue weighted by Gasteiger charge is 2.39. The molecule has 1 aliphatic heterocycles. The van der Waals surface area contributed by atoms with E-state index in [1.807, 2.05) is 35.2 Å². The topological polar surface area (TPSA) is 45.2 Å². The average Bonchev–Trinajstić information content (AvgIpc) is 3.23. The van der Waals surface area contributed by atoms with Crippen LogP contribution in [0.2, 0.25) is 5.15 Å². The van der Waals surface area contributed by atoms with Gasteiger partial charge in [0.25, 0.3) is 0 Å². The van der Waals surface area contributed by atoms with Crippen LogP contribution in [0.1, 0.15) is 19.3 Å². The number of benzene rings is 1. The second-order valence-electron chi connectivity index (χ2n) is 5.84. The highest BCUT2D eigenvalue weighted by molar-refractivity contribution is 6.34. The Kier molecular flexibility index (Phi) is 3.00. The van der Waals surface area contributed by atoms with Crippen molar-refractivity contribution in [2.45, 2.75) is 31.3 Å². The first-order chi connectivity index (χ1) is 10.2. The molecule has 108 valence electrons. The van der Waals surface area contributed by atoms with E-state index in [0.29, 0.717) is 17.6 Å². The smallest absolute Gasteiger partial charge is 0.225 e. The van der Waals surface area contributed by atoms with E-state index in [9.17, 15) is 4.79 Å². The molecule has 2 fully saturated rings. The lowest BCUT2D eigenvalue weighted by Gasteiger charge is -2.16. The van der Waals surface area contributed by atoms with Crippen LogP contribution in [0.4, 0.5) is 5.82 Å². The summed E-state index contributed by atoms with van der Waals surface area (Å²) in [6.07, 6.45) is 2.85. The predicted octanol–water partition coefficient (Wildman–Crippen LogP) is 3.06. The maximum atomic E-state index is 12.0. The number of nitrogens with zero attached hydrogens (tertiary/aromatic N) is 2. The zero-order valence-electron chi connectivity index (χ0n) is 11.6. The number of rotatable bonds is 3. The molecule has 1 unspecified atom stereocenters. The summed E-state index contributed by atoms with van der Waals surface area (Å²) in [5.74, 6) is 0.996. The van der Waals surface area contributed by atoms with E-state index in [-0.39, 0.29) is 11.9 Å². The minimum Gasteiger partial charge on any atom is -0.365 e. The lowest BCUT2D eigenvalue weighted by atomic mass is 10.1. The fourth-order valence-electron chi connectivity index (χ4n) is 3.01. The third kappa shape index (κ3) is 2.44. The molecular formula is C16H16ClN3O. The minimum absolute atomic E-state index is 0.128. The highest BCUT2D eigenvalue weighted by Crippen LogP contribution is 2.32. The van der Waals surface area contributed by atoms with Gasteiger partial charge in [-0.25, -0.2) is 4.98 Å². The first kappa shape index (κ1) is 12.9. The molecule has 1 N–H and O–H groups in total. The van der Waals surface area contributed by atoms with Crippen LogP contribution in [0.25, 0.3) is 10.8 Å². The summed E-state index contributed by atoms with van der Waals surface area (Å²) < 4.78 is 0.